The lowest BCUT2D eigenvalue weighted by atomic mass is 9.79. The summed E-state index contributed by atoms with van der Waals surface area (Å²) in [5, 5.41) is 0. The molecule has 2 aliphatic carbocycles. The summed E-state index contributed by atoms with van der Waals surface area (Å²) in [5.41, 5.74) is 3.55. The summed E-state index contributed by atoms with van der Waals surface area (Å²) in [5.74, 6) is 1.65. The number of hydrogen-bond donors (Lipinski definition) is 0. The third-order valence-corrected chi connectivity index (χ3v) is 56.2. The molecule has 224 valence electrons. The SMILES string of the molecule is CC1C2CCC1(C)c1cnccc12.S=S=S=S=S=S=S=S=S=S=S=S=S=S=S=S=S=S=S=S=S=S=S=S=S=S. The molecule has 0 amide bonds. The molecular formula is C12H15NS26. The molecule has 0 spiro atoms. The van der Waals surface area contributed by atoms with Gasteiger partial charge in [0.2, 0.25) is 0 Å². The smallest absolute Gasteiger partial charge is 0.0308 e. The number of rotatable bonds is 0. The Bertz CT molecular complexity index is 2000. The van der Waals surface area contributed by atoms with Gasteiger partial charge in [0.05, 0.1) is 0 Å². The highest BCUT2D eigenvalue weighted by Gasteiger charge is 2.51. The monoisotopic (exact) mass is 1000 g/mol. The molecule has 39 heavy (non-hydrogen) atoms. The molecule has 0 N–H and O–H groups in total. The minimum atomic E-state index is 0.439. The van der Waals surface area contributed by atoms with E-state index in [-0.39, 0.29) is 0 Å². The Hall–Kier alpha value is 4.87. The zero-order chi connectivity index (χ0) is 28.0. The second kappa shape index (κ2) is 26.9. The number of pyridine rings is 1. The minimum absolute atomic E-state index is 0.439. The van der Waals surface area contributed by atoms with Gasteiger partial charge in [-0.25, -0.2) is 0 Å². The highest BCUT2D eigenvalue weighted by Crippen LogP contribution is 2.60. The van der Waals surface area contributed by atoms with Crippen LogP contribution in [-0.4, -0.2) is 4.98 Å². The fraction of sp³-hybridized carbons (Fsp3) is 0.583. The van der Waals surface area contributed by atoms with Crippen LogP contribution >= 0.6 is 0 Å². The lowest BCUT2D eigenvalue weighted by molar-refractivity contribution is 0.385. The maximum absolute atomic E-state index is 4.78. The third kappa shape index (κ3) is 17.0. The Balaban J connectivity index is 0.000000333. The topological polar surface area (TPSA) is 12.9 Å². The number of hydrogen-bond acceptors (Lipinski definition) is 3. The van der Waals surface area contributed by atoms with Crippen molar-refractivity contribution >= 4 is 236 Å². The van der Waals surface area contributed by atoms with Crippen LogP contribution in [0.2, 0.25) is 0 Å². The van der Waals surface area contributed by atoms with Crippen molar-refractivity contribution in [3.05, 3.63) is 29.6 Å². The summed E-state index contributed by atoms with van der Waals surface area (Å²) in [6, 6.07) is 2.22. The molecule has 27 heteroatoms. The van der Waals surface area contributed by atoms with Crippen molar-refractivity contribution in [1.82, 2.24) is 4.98 Å². The molecule has 0 radical (unpaired) electrons. The van der Waals surface area contributed by atoms with Gasteiger partial charge < -0.3 is 0 Å². The maximum atomic E-state index is 4.78. The highest BCUT2D eigenvalue weighted by molar-refractivity contribution is 8.79. The molecule has 3 rings (SSSR count). The predicted molar refractivity (Wildman–Crippen MR) is 244 cm³/mol. The van der Waals surface area contributed by atoms with E-state index in [0.29, 0.717) is 5.41 Å². The summed E-state index contributed by atoms with van der Waals surface area (Å²) < 4.78 is 0. The lowest BCUT2D eigenvalue weighted by Gasteiger charge is -2.25. The molecule has 1 aromatic rings. The fourth-order valence-corrected chi connectivity index (χ4v) is 64.0. The molecule has 2 bridgehead atoms. The van der Waals surface area contributed by atoms with Gasteiger partial charge in [0.25, 0.3) is 0 Å². The van der Waals surface area contributed by atoms with Gasteiger partial charge in [0, 0.05) is 248 Å². The summed E-state index contributed by atoms with van der Waals surface area (Å²) in [6.45, 7) is 4.81. The van der Waals surface area contributed by atoms with Crippen LogP contribution in [0.5, 0.6) is 0 Å². The zero-order valence-corrected chi connectivity index (χ0v) is 40.1. The first kappa shape index (κ1) is 40.0. The molecule has 2 aliphatic rings. The summed E-state index contributed by atoms with van der Waals surface area (Å²) >= 11 is 9.55. The van der Waals surface area contributed by atoms with Crippen LogP contribution < -0.4 is 0 Å². The average Bonchev–Trinajstić information content (AvgIpc) is 3.37. The molecule has 3 atom stereocenters. The van der Waals surface area contributed by atoms with Crippen molar-refractivity contribution < 1.29 is 0 Å². The van der Waals surface area contributed by atoms with E-state index in [1.807, 2.05) is 77.2 Å². The van der Waals surface area contributed by atoms with Gasteiger partial charge in [-0.1, -0.05) is 13.8 Å². The fourth-order valence-electron chi connectivity index (χ4n) is 3.64. The summed E-state index contributed by atoms with van der Waals surface area (Å²) in [6.07, 6.45) is 6.77. The summed E-state index contributed by atoms with van der Waals surface area (Å²) in [7, 11) is 41.8. The Labute approximate surface area is 307 Å². The lowest BCUT2D eigenvalue weighted by Crippen LogP contribution is -2.21. The van der Waals surface area contributed by atoms with Crippen LogP contribution in [-0.2, 0) is 241 Å². The Morgan fingerprint density at radius 1 is 0.641 bits per heavy atom. The zero-order valence-electron chi connectivity index (χ0n) is 18.9. The van der Waals surface area contributed by atoms with Crippen LogP contribution in [0.1, 0.15) is 43.7 Å². The molecule has 0 aliphatic heterocycles. The van der Waals surface area contributed by atoms with Gasteiger partial charge in [0.1, 0.15) is 0 Å². The number of nitrogens with zero attached hydrogens (tertiary/aromatic N) is 1. The molecule has 0 saturated heterocycles. The van der Waals surface area contributed by atoms with Crippen LogP contribution in [0.15, 0.2) is 18.5 Å². The van der Waals surface area contributed by atoms with Crippen molar-refractivity contribution in [3.63, 3.8) is 0 Å². The van der Waals surface area contributed by atoms with Gasteiger partial charge in [-0.15, -0.1) is 0 Å². The van der Waals surface area contributed by atoms with E-state index in [9.17, 15) is 0 Å². The maximum Gasteiger partial charge on any atom is 0.0308 e. The van der Waals surface area contributed by atoms with Crippen molar-refractivity contribution in [1.29, 1.82) is 0 Å². The molecular weight excluding hydrogens is 992 g/mol. The van der Waals surface area contributed by atoms with Gasteiger partial charge in [-0.2, -0.15) is 0 Å². The van der Waals surface area contributed by atoms with E-state index in [0.717, 1.165) is 11.8 Å². The van der Waals surface area contributed by atoms with Crippen LogP contribution in [0.4, 0.5) is 0 Å². The van der Waals surface area contributed by atoms with E-state index in [2.05, 4.69) is 31.1 Å². The quantitative estimate of drug-likeness (QED) is 0.398. The molecule has 1 aromatic heterocycles. The number of fused-ring (bicyclic) bond motifs is 5. The third-order valence-electron chi connectivity index (χ3n) is 5.09. The van der Waals surface area contributed by atoms with E-state index < -0.39 is 0 Å². The van der Waals surface area contributed by atoms with Crippen molar-refractivity contribution in [2.45, 2.75) is 38.0 Å². The Morgan fingerprint density at radius 2 is 1.00 bits per heavy atom. The van der Waals surface area contributed by atoms with E-state index in [1.54, 1.807) is 130 Å². The normalized spacial score (nSPS) is 18.6. The van der Waals surface area contributed by atoms with E-state index in [4.69, 9.17) is 22.4 Å². The van der Waals surface area contributed by atoms with Crippen molar-refractivity contribution in [2.24, 2.45) is 5.92 Å². The average molecular weight is 1010 g/mol. The van der Waals surface area contributed by atoms with Crippen molar-refractivity contribution in [3.8, 4) is 0 Å². The molecule has 1 saturated carbocycles. The highest BCUT2D eigenvalue weighted by atomic mass is 33.5. The van der Waals surface area contributed by atoms with Crippen molar-refractivity contribution in [2.75, 3.05) is 0 Å². The second-order valence-corrected chi connectivity index (χ2v) is 48.9. The first-order valence-corrected chi connectivity index (χ1v) is 42.7. The number of aromatic nitrogens is 1. The van der Waals surface area contributed by atoms with Gasteiger partial charge in [-0.3, -0.25) is 4.98 Å². The minimum Gasteiger partial charge on any atom is -0.264 e. The molecule has 0 aromatic carbocycles. The molecule has 3 unspecified atom stereocenters. The van der Waals surface area contributed by atoms with E-state index >= 15 is 0 Å². The molecule has 1 nitrogen and oxygen atoms in total. The van der Waals surface area contributed by atoms with Crippen LogP contribution in [0.25, 0.3) is 0 Å². The standard InChI is InChI=1S/C12H15N.S26/c1-8-9-3-5-12(8,2)11-7-13-6-4-10(9)11;1-3-5-7-9-11-13-15-17-19-21-23-25-26-24-22-20-18-16-14-12-10-8-6-4-2/h4,6-9H,3,5H2,1-2H3;. The second-order valence-electron chi connectivity index (χ2n) is 6.45. The summed E-state index contributed by atoms with van der Waals surface area (Å²) in [4.78, 5) is 4.25. The Kier molecular flexibility index (Phi) is 27.6. The Morgan fingerprint density at radius 3 is 1.33 bits per heavy atom. The van der Waals surface area contributed by atoms with Gasteiger partial charge >= 0.3 is 0 Å². The predicted octanol–water partition coefficient (Wildman–Crippen LogP) is 2.80. The first-order chi connectivity index (χ1) is 19.1. The largest absolute Gasteiger partial charge is 0.264 e. The molecule has 1 fully saturated rings. The van der Waals surface area contributed by atoms with Gasteiger partial charge in [-0.05, 0) is 47.3 Å². The van der Waals surface area contributed by atoms with Gasteiger partial charge in [0.15, 0.2) is 0 Å². The van der Waals surface area contributed by atoms with Crippen LogP contribution in [0, 0.1) is 5.92 Å². The van der Waals surface area contributed by atoms with E-state index in [1.165, 1.54) is 36.2 Å². The molecule has 1 heterocycles. The first-order valence-electron chi connectivity index (χ1n) is 9.34. The van der Waals surface area contributed by atoms with Crippen LogP contribution in [0.3, 0.4) is 0 Å².